The zero-order chi connectivity index (χ0) is 11.5. The summed E-state index contributed by atoms with van der Waals surface area (Å²) in [7, 11) is -1.48. The summed E-state index contributed by atoms with van der Waals surface area (Å²) in [6.45, 7) is 0. The number of amides is 1. The second kappa shape index (κ2) is 4.68. The van der Waals surface area contributed by atoms with Gasteiger partial charge in [-0.15, -0.1) is 0 Å². The molecule has 0 heterocycles. The molecule has 2 rings (SSSR count). The lowest BCUT2D eigenvalue weighted by molar-refractivity contribution is -0.120. The fourth-order valence-corrected chi connectivity index (χ4v) is 1.56. The van der Waals surface area contributed by atoms with Crippen LogP contribution in [0.5, 0.6) is 0 Å². The largest absolute Gasteiger partial charge is 0.488 e. The zero-order valence-electron chi connectivity index (χ0n) is 8.89. The van der Waals surface area contributed by atoms with Gasteiger partial charge < -0.3 is 15.4 Å². The molecule has 0 saturated heterocycles. The number of hydrogen-bond acceptors (Lipinski definition) is 3. The number of benzene rings is 1. The molecule has 5 heteroatoms. The molecular weight excluding hydrogens is 205 g/mol. The van der Waals surface area contributed by atoms with Crippen molar-refractivity contribution in [2.24, 2.45) is 0 Å². The quantitative estimate of drug-likeness (QED) is 0.580. The predicted molar refractivity (Wildman–Crippen MR) is 61.1 cm³/mol. The molecule has 0 aliphatic heterocycles. The maximum atomic E-state index is 11.5. The molecule has 1 saturated carbocycles. The zero-order valence-corrected chi connectivity index (χ0v) is 8.89. The number of hydrogen-bond donors (Lipinski definition) is 3. The lowest BCUT2D eigenvalue weighted by atomic mass is 9.79. The Morgan fingerprint density at radius 2 is 2.19 bits per heavy atom. The minimum absolute atomic E-state index is 0.00733. The molecule has 1 aliphatic carbocycles. The molecule has 4 nitrogen and oxygen atoms in total. The van der Waals surface area contributed by atoms with Gasteiger partial charge in [0.2, 0.25) is 5.91 Å². The van der Waals surface area contributed by atoms with Crippen molar-refractivity contribution < 1.29 is 14.8 Å². The highest BCUT2D eigenvalue weighted by atomic mass is 16.4. The van der Waals surface area contributed by atoms with Crippen LogP contribution in [-0.4, -0.2) is 29.1 Å². The van der Waals surface area contributed by atoms with E-state index in [1.807, 2.05) is 0 Å². The normalized spacial score (nSPS) is 14.6. The van der Waals surface area contributed by atoms with Crippen molar-refractivity contribution in [3.05, 3.63) is 29.8 Å². The summed E-state index contributed by atoms with van der Waals surface area (Å²) in [5, 5.41) is 20.9. The van der Waals surface area contributed by atoms with Crippen LogP contribution >= 0.6 is 0 Å². The van der Waals surface area contributed by atoms with Crippen molar-refractivity contribution in [2.45, 2.75) is 25.3 Å². The van der Waals surface area contributed by atoms with Crippen LogP contribution in [0.3, 0.4) is 0 Å². The summed E-state index contributed by atoms with van der Waals surface area (Å²) in [5.41, 5.74) is 1.21. The van der Waals surface area contributed by atoms with Gasteiger partial charge in [-0.3, -0.25) is 4.79 Å². The molecule has 0 atom stereocenters. The summed E-state index contributed by atoms with van der Waals surface area (Å²) in [4.78, 5) is 11.5. The van der Waals surface area contributed by atoms with Gasteiger partial charge in [-0.1, -0.05) is 24.3 Å². The van der Waals surface area contributed by atoms with Crippen LogP contribution in [0, 0.1) is 0 Å². The third-order valence-electron chi connectivity index (χ3n) is 2.56. The van der Waals surface area contributed by atoms with Crippen molar-refractivity contribution >= 4 is 18.5 Å². The van der Waals surface area contributed by atoms with E-state index in [1.54, 1.807) is 24.3 Å². The van der Waals surface area contributed by atoms with Crippen molar-refractivity contribution in [3.63, 3.8) is 0 Å². The van der Waals surface area contributed by atoms with Crippen LogP contribution in [-0.2, 0) is 11.2 Å². The van der Waals surface area contributed by atoms with E-state index in [0.717, 1.165) is 18.4 Å². The van der Waals surface area contributed by atoms with Gasteiger partial charge in [0.05, 0.1) is 6.42 Å². The Morgan fingerprint density at radius 3 is 2.81 bits per heavy atom. The van der Waals surface area contributed by atoms with Gasteiger partial charge in [0.25, 0.3) is 0 Å². The maximum absolute atomic E-state index is 11.5. The molecule has 1 amide bonds. The first kappa shape index (κ1) is 11.2. The highest BCUT2D eigenvalue weighted by Crippen LogP contribution is 2.18. The molecule has 0 aromatic heterocycles. The Morgan fingerprint density at radius 1 is 1.44 bits per heavy atom. The third kappa shape index (κ3) is 3.08. The molecule has 0 unspecified atom stereocenters. The summed E-state index contributed by atoms with van der Waals surface area (Å²) in [6, 6.07) is 7.14. The topological polar surface area (TPSA) is 69.6 Å². The summed E-state index contributed by atoms with van der Waals surface area (Å²) in [6.07, 6.45) is 2.43. The van der Waals surface area contributed by atoms with Crippen molar-refractivity contribution in [3.8, 4) is 0 Å². The molecule has 1 aliphatic rings. The van der Waals surface area contributed by atoms with Crippen LogP contribution < -0.4 is 10.8 Å². The van der Waals surface area contributed by atoms with Gasteiger partial charge in [0.1, 0.15) is 0 Å². The maximum Gasteiger partial charge on any atom is 0.488 e. The van der Waals surface area contributed by atoms with Crippen LogP contribution in [0.2, 0.25) is 0 Å². The molecular formula is C11H14BNO3. The fraction of sp³-hybridized carbons (Fsp3) is 0.364. The van der Waals surface area contributed by atoms with E-state index in [2.05, 4.69) is 5.32 Å². The molecule has 0 spiro atoms. The average Bonchev–Trinajstić information content (AvgIpc) is 3.01. The van der Waals surface area contributed by atoms with E-state index >= 15 is 0 Å². The highest BCUT2D eigenvalue weighted by Gasteiger charge is 2.23. The van der Waals surface area contributed by atoms with Crippen LogP contribution in [0.15, 0.2) is 24.3 Å². The molecule has 1 aromatic rings. The minimum atomic E-state index is -1.48. The first-order chi connectivity index (χ1) is 7.65. The van der Waals surface area contributed by atoms with Crippen molar-refractivity contribution in [1.82, 2.24) is 5.32 Å². The van der Waals surface area contributed by atoms with E-state index in [-0.39, 0.29) is 12.3 Å². The standard InChI is InChI=1S/C11H14BNO3/c14-11(13-10-4-5-10)7-8-2-1-3-9(6-8)12(15)16/h1-3,6,10,15-16H,4-5,7H2,(H,13,14). The lowest BCUT2D eigenvalue weighted by Crippen LogP contribution is -2.31. The van der Waals surface area contributed by atoms with E-state index in [0.29, 0.717) is 11.5 Å². The summed E-state index contributed by atoms with van der Waals surface area (Å²) >= 11 is 0. The van der Waals surface area contributed by atoms with Crippen LogP contribution in [0.1, 0.15) is 18.4 Å². The van der Waals surface area contributed by atoms with E-state index in [1.165, 1.54) is 0 Å². The predicted octanol–water partition coefficient (Wildman–Crippen LogP) is -0.813. The van der Waals surface area contributed by atoms with Crippen LogP contribution in [0.4, 0.5) is 0 Å². The molecule has 16 heavy (non-hydrogen) atoms. The Bertz CT molecular complexity index is 391. The van der Waals surface area contributed by atoms with Gasteiger partial charge >= 0.3 is 7.12 Å². The Kier molecular flexibility index (Phi) is 3.26. The highest BCUT2D eigenvalue weighted by molar-refractivity contribution is 6.58. The second-order valence-electron chi connectivity index (χ2n) is 4.14. The molecule has 0 radical (unpaired) electrons. The van der Waals surface area contributed by atoms with E-state index in [9.17, 15) is 4.79 Å². The van der Waals surface area contributed by atoms with Crippen molar-refractivity contribution in [1.29, 1.82) is 0 Å². The second-order valence-corrected chi connectivity index (χ2v) is 4.14. The fourth-order valence-electron chi connectivity index (χ4n) is 1.56. The summed E-state index contributed by atoms with van der Waals surface area (Å²) < 4.78 is 0. The van der Waals surface area contributed by atoms with Gasteiger partial charge in [-0.2, -0.15) is 0 Å². The third-order valence-corrected chi connectivity index (χ3v) is 2.56. The van der Waals surface area contributed by atoms with Gasteiger partial charge in [-0.25, -0.2) is 0 Å². The van der Waals surface area contributed by atoms with E-state index < -0.39 is 7.12 Å². The lowest BCUT2D eigenvalue weighted by Gasteiger charge is -2.05. The first-order valence-corrected chi connectivity index (χ1v) is 5.39. The van der Waals surface area contributed by atoms with Crippen LogP contribution in [0.25, 0.3) is 0 Å². The Hall–Kier alpha value is -1.33. The first-order valence-electron chi connectivity index (χ1n) is 5.39. The van der Waals surface area contributed by atoms with Crippen molar-refractivity contribution in [2.75, 3.05) is 0 Å². The van der Waals surface area contributed by atoms with Gasteiger partial charge in [-0.05, 0) is 23.9 Å². The smallest absolute Gasteiger partial charge is 0.423 e. The number of carbonyl (C=O) groups is 1. The molecule has 0 bridgehead atoms. The Balaban J connectivity index is 1.97. The SMILES string of the molecule is O=C(Cc1cccc(B(O)O)c1)NC1CC1. The monoisotopic (exact) mass is 219 g/mol. The minimum Gasteiger partial charge on any atom is -0.423 e. The number of carbonyl (C=O) groups excluding carboxylic acids is 1. The Labute approximate surface area is 94.4 Å². The number of nitrogens with one attached hydrogen (secondary N) is 1. The number of rotatable bonds is 4. The molecule has 1 fully saturated rings. The van der Waals surface area contributed by atoms with Gasteiger partial charge in [0, 0.05) is 6.04 Å². The van der Waals surface area contributed by atoms with E-state index in [4.69, 9.17) is 10.0 Å². The summed E-state index contributed by atoms with van der Waals surface area (Å²) in [5.74, 6) is -0.00733. The molecule has 84 valence electrons. The average molecular weight is 219 g/mol. The molecule has 3 N–H and O–H groups in total. The molecule has 1 aromatic carbocycles. The van der Waals surface area contributed by atoms with Gasteiger partial charge in [0.15, 0.2) is 0 Å².